The van der Waals surface area contributed by atoms with E-state index in [1.807, 2.05) is 0 Å². The average Bonchev–Trinajstić information content (AvgIpc) is 2.05. The Morgan fingerprint density at radius 2 is 1.07 bits per heavy atom. The van der Waals surface area contributed by atoms with Gasteiger partial charge in [0.1, 0.15) is 0 Å². The maximum Gasteiger partial charge on any atom is -0.0391 e. The summed E-state index contributed by atoms with van der Waals surface area (Å²) in [5.74, 6) is 2.82. The van der Waals surface area contributed by atoms with Crippen molar-refractivity contribution in [2.75, 3.05) is 0 Å². The summed E-state index contributed by atoms with van der Waals surface area (Å²) < 4.78 is 0. The minimum Gasteiger partial charge on any atom is -0.0776 e. The molecule has 0 heteroatoms. The highest BCUT2D eigenvalue weighted by molar-refractivity contribution is 4.67. The van der Waals surface area contributed by atoms with E-state index in [4.69, 9.17) is 0 Å². The Hall–Kier alpha value is 0. The van der Waals surface area contributed by atoms with Crippen molar-refractivity contribution in [3.8, 4) is 0 Å². The minimum atomic E-state index is 0. The molecular formula is C15H36. The summed E-state index contributed by atoms with van der Waals surface area (Å²) in [6.07, 6.45) is 7.46. The summed E-state index contributed by atoms with van der Waals surface area (Å²) in [6, 6.07) is 0. The van der Waals surface area contributed by atoms with Gasteiger partial charge in [-0.1, -0.05) is 81.6 Å². The van der Waals surface area contributed by atoms with Gasteiger partial charge in [0, 0.05) is 0 Å². The van der Waals surface area contributed by atoms with E-state index in [1.165, 1.54) is 32.1 Å². The molecular weight excluding hydrogens is 180 g/mol. The zero-order valence-corrected chi connectivity index (χ0v) is 10.3. The molecule has 0 aromatic heterocycles. The summed E-state index contributed by atoms with van der Waals surface area (Å²) in [7, 11) is 0. The Labute approximate surface area is 99.9 Å². The minimum absolute atomic E-state index is 0. The molecule has 0 amide bonds. The normalized spacial score (nSPS) is 16.2. The predicted octanol–water partition coefficient (Wildman–Crippen LogP) is 6.16. The molecule has 0 atom stereocenters. The third-order valence-corrected chi connectivity index (χ3v) is 2.59. The van der Waals surface area contributed by atoms with Crippen molar-refractivity contribution in [3.63, 3.8) is 0 Å². The third-order valence-electron chi connectivity index (χ3n) is 2.59. The fraction of sp³-hybridized carbons (Fsp3) is 1.00. The second-order valence-electron chi connectivity index (χ2n) is 5.37. The van der Waals surface area contributed by atoms with Gasteiger partial charge in [-0.05, 0) is 17.8 Å². The van der Waals surface area contributed by atoms with E-state index in [2.05, 4.69) is 34.6 Å². The third kappa shape index (κ3) is 14.0. The maximum absolute atomic E-state index is 2.36. The molecule has 0 heterocycles. The largest absolute Gasteiger partial charge is 0.0776 e. The molecule has 1 aliphatic rings. The first kappa shape index (κ1) is 20.4. The molecule has 0 radical (unpaired) electrons. The molecule has 0 nitrogen and oxygen atoms in total. The highest BCUT2D eigenvalue weighted by Crippen LogP contribution is 2.29. The molecule has 0 aromatic rings. The predicted molar refractivity (Wildman–Crippen MR) is 75.4 cm³/mol. The fourth-order valence-corrected chi connectivity index (χ4v) is 1.80. The highest BCUT2D eigenvalue weighted by atomic mass is 14.2. The first-order chi connectivity index (χ1) is 6.04. The first-order valence-corrected chi connectivity index (χ1v) is 6.04. The summed E-state index contributed by atoms with van der Waals surface area (Å²) in [5, 5.41) is 0. The van der Waals surface area contributed by atoms with Gasteiger partial charge in [-0.25, -0.2) is 0 Å². The van der Waals surface area contributed by atoms with Crippen molar-refractivity contribution in [1.82, 2.24) is 0 Å². The van der Waals surface area contributed by atoms with E-state index in [0.717, 1.165) is 17.8 Å². The average molecular weight is 216 g/mol. The van der Waals surface area contributed by atoms with Crippen LogP contribution in [-0.4, -0.2) is 0 Å². The van der Waals surface area contributed by atoms with Gasteiger partial charge in [-0.15, -0.1) is 0 Å². The zero-order chi connectivity index (χ0) is 10.3. The summed E-state index contributed by atoms with van der Waals surface area (Å²) in [4.78, 5) is 0. The van der Waals surface area contributed by atoms with Crippen LogP contribution in [-0.2, 0) is 0 Å². The summed E-state index contributed by atoms with van der Waals surface area (Å²) in [6.45, 7) is 11.2. The second kappa shape index (κ2) is 12.1. The van der Waals surface area contributed by atoms with Crippen LogP contribution < -0.4 is 0 Å². The molecule has 0 bridgehead atoms. The lowest BCUT2D eigenvalue weighted by molar-refractivity contribution is 0.279. The fourth-order valence-electron chi connectivity index (χ4n) is 1.80. The Kier molecular flexibility index (Phi) is 16.4. The van der Waals surface area contributed by atoms with E-state index in [1.54, 1.807) is 0 Å². The quantitative estimate of drug-likeness (QED) is 0.492. The molecule has 0 N–H and O–H groups in total. The summed E-state index contributed by atoms with van der Waals surface area (Å²) in [5.41, 5.74) is 0. The van der Waals surface area contributed by atoms with E-state index in [9.17, 15) is 0 Å². The molecule has 96 valence electrons. The molecule has 1 fully saturated rings. The van der Waals surface area contributed by atoms with E-state index in [-0.39, 0.29) is 14.9 Å². The van der Waals surface area contributed by atoms with Gasteiger partial charge in [-0.2, -0.15) is 0 Å². The van der Waals surface area contributed by atoms with Crippen LogP contribution in [0.5, 0.6) is 0 Å². The smallest absolute Gasteiger partial charge is 0.0391 e. The van der Waals surface area contributed by atoms with Crippen LogP contribution in [0.2, 0.25) is 0 Å². The molecule has 0 spiro atoms. The molecule has 1 rings (SSSR count). The van der Waals surface area contributed by atoms with Crippen LogP contribution in [0.15, 0.2) is 0 Å². The lowest BCUT2D eigenvalue weighted by atomic mass is 9.82. The van der Waals surface area contributed by atoms with Crippen LogP contribution in [0.25, 0.3) is 0 Å². The molecule has 0 aromatic carbocycles. The lowest BCUT2D eigenvalue weighted by Crippen LogP contribution is -2.12. The van der Waals surface area contributed by atoms with Crippen LogP contribution in [0, 0.1) is 17.8 Å². The van der Waals surface area contributed by atoms with Crippen molar-refractivity contribution < 1.29 is 0 Å². The van der Waals surface area contributed by atoms with Gasteiger partial charge in [0.2, 0.25) is 0 Å². The van der Waals surface area contributed by atoms with Crippen LogP contribution in [0.4, 0.5) is 0 Å². The van der Waals surface area contributed by atoms with Crippen LogP contribution in [0.1, 0.15) is 81.6 Å². The Morgan fingerprint density at radius 1 is 0.733 bits per heavy atom. The van der Waals surface area contributed by atoms with E-state index in [0.29, 0.717) is 0 Å². The number of hydrogen-bond acceptors (Lipinski definition) is 0. The maximum atomic E-state index is 2.36. The SMILES string of the molecule is C.C.CC(C)C.CC(C)C1CCCCC1. The van der Waals surface area contributed by atoms with Crippen molar-refractivity contribution >= 4 is 0 Å². The second-order valence-corrected chi connectivity index (χ2v) is 5.37. The van der Waals surface area contributed by atoms with Crippen molar-refractivity contribution in [3.05, 3.63) is 0 Å². The van der Waals surface area contributed by atoms with Crippen molar-refractivity contribution in [2.24, 2.45) is 17.8 Å². The number of rotatable bonds is 1. The highest BCUT2D eigenvalue weighted by Gasteiger charge is 2.15. The van der Waals surface area contributed by atoms with Gasteiger partial charge in [0.05, 0.1) is 0 Å². The van der Waals surface area contributed by atoms with Crippen LogP contribution in [0.3, 0.4) is 0 Å². The number of hydrogen-bond donors (Lipinski definition) is 0. The molecule has 0 unspecified atom stereocenters. The van der Waals surface area contributed by atoms with Crippen molar-refractivity contribution in [2.45, 2.75) is 81.6 Å². The summed E-state index contributed by atoms with van der Waals surface area (Å²) >= 11 is 0. The standard InChI is InChI=1S/C9H18.C4H10.2CH4/c1-8(2)9-6-4-3-5-7-9;1-4(2)3;;/h8-9H,3-7H2,1-2H3;4H,1-3H3;2*1H4. The molecule has 1 aliphatic carbocycles. The van der Waals surface area contributed by atoms with Gasteiger partial charge < -0.3 is 0 Å². The topological polar surface area (TPSA) is 0 Å². The Bertz CT molecular complexity index is 93.9. The molecule has 0 aliphatic heterocycles. The van der Waals surface area contributed by atoms with Gasteiger partial charge in [-0.3, -0.25) is 0 Å². The first-order valence-electron chi connectivity index (χ1n) is 6.04. The molecule has 1 saturated carbocycles. The lowest BCUT2D eigenvalue weighted by Gasteiger charge is -2.24. The van der Waals surface area contributed by atoms with Gasteiger partial charge in [0.15, 0.2) is 0 Å². The molecule has 0 saturated heterocycles. The van der Waals surface area contributed by atoms with Crippen LogP contribution >= 0.6 is 0 Å². The molecule has 15 heavy (non-hydrogen) atoms. The van der Waals surface area contributed by atoms with E-state index >= 15 is 0 Å². The monoisotopic (exact) mass is 216 g/mol. The van der Waals surface area contributed by atoms with E-state index < -0.39 is 0 Å². The van der Waals surface area contributed by atoms with Gasteiger partial charge in [0.25, 0.3) is 0 Å². The zero-order valence-electron chi connectivity index (χ0n) is 10.3. The Morgan fingerprint density at radius 3 is 1.27 bits per heavy atom. The van der Waals surface area contributed by atoms with Crippen molar-refractivity contribution in [1.29, 1.82) is 0 Å². The van der Waals surface area contributed by atoms with Gasteiger partial charge >= 0.3 is 0 Å². The Balaban J connectivity index is -0.000000213.